The highest BCUT2D eigenvalue weighted by molar-refractivity contribution is 7.43. The lowest BCUT2D eigenvalue weighted by Crippen LogP contribution is -2.78. The maximum Gasteiger partial charge on any atom is 0.247 e. The SMILES string of the molecule is C[Si](C)(C)c1ccc([Si](C)(C)C)c([Si](Cl)(c2cc([Si](C)(C)C)ccc2[Si](C)(C)C)c2cc([Si](C)(C)C)ccc2[Si](C)(C)C)c1. The van der Waals surface area contributed by atoms with Gasteiger partial charge in [0.2, 0.25) is 7.38 Å². The molecule has 0 saturated carbocycles. The molecule has 0 bridgehead atoms. The summed E-state index contributed by atoms with van der Waals surface area (Å²) in [4.78, 5) is 0. The zero-order chi connectivity index (χ0) is 34.1. The summed E-state index contributed by atoms with van der Waals surface area (Å²) in [6.07, 6.45) is 0. The standard InChI is InChI=1S/C36H63ClSi7/c1-38(2,3)28-19-22-31(41(10,11)12)34(25-28)44(37,35-26-29(39(4,5)6)20-23-32(35)42(13,14)15)36-27-30(40(7,8)9)21-24-33(36)43(16,17)18/h19-27H,1-18H3. The molecule has 0 nitrogen and oxygen atoms in total. The van der Waals surface area contributed by atoms with E-state index in [-0.39, 0.29) is 0 Å². The Labute approximate surface area is 284 Å². The maximum atomic E-state index is 8.97. The van der Waals surface area contributed by atoms with Crippen LogP contribution in [0.3, 0.4) is 0 Å². The minimum atomic E-state index is -3.03. The Bertz CT molecular complexity index is 1330. The van der Waals surface area contributed by atoms with Crippen LogP contribution < -0.4 is 46.7 Å². The van der Waals surface area contributed by atoms with Crippen molar-refractivity contribution < 1.29 is 0 Å². The molecule has 3 aromatic carbocycles. The van der Waals surface area contributed by atoms with Crippen molar-refractivity contribution in [3.05, 3.63) is 54.6 Å². The van der Waals surface area contributed by atoms with Crippen molar-refractivity contribution in [3.63, 3.8) is 0 Å². The van der Waals surface area contributed by atoms with E-state index in [1.165, 1.54) is 15.6 Å². The Morgan fingerprint density at radius 2 is 0.500 bits per heavy atom. The molecule has 3 rings (SSSR count). The van der Waals surface area contributed by atoms with Crippen LogP contribution >= 0.6 is 11.1 Å². The molecular formula is C36H63ClSi7. The van der Waals surface area contributed by atoms with Crippen molar-refractivity contribution in [2.24, 2.45) is 0 Å². The Morgan fingerprint density at radius 3 is 0.659 bits per heavy atom. The number of halogens is 1. The van der Waals surface area contributed by atoms with Gasteiger partial charge in [-0.1, -0.05) is 204 Å². The first-order chi connectivity index (χ1) is 19.5. The second-order valence-corrected chi connectivity index (χ2v) is 54.4. The lowest BCUT2D eigenvalue weighted by molar-refractivity contribution is 1.66. The van der Waals surface area contributed by atoms with Gasteiger partial charge in [0, 0.05) is 0 Å². The molecule has 0 aromatic heterocycles. The fourth-order valence-electron chi connectivity index (χ4n) is 6.28. The molecule has 3 aromatic rings. The molecule has 0 radical (unpaired) electrons. The number of hydrogen-bond acceptors (Lipinski definition) is 0. The zero-order valence-corrected chi connectivity index (χ0v) is 39.3. The third-order valence-corrected chi connectivity index (χ3v) is 27.5. The van der Waals surface area contributed by atoms with Crippen LogP contribution in [0.2, 0.25) is 118 Å². The molecule has 0 unspecified atom stereocenters. The molecule has 0 atom stereocenters. The van der Waals surface area contributed by atoms with Crippen LogP contribution in [-0.2, 0) is 0 Å². The van der Waals surface area contributed by atoms with Crippen molar-refractivity contribution in [1.82, 2.24) is 0 Å². The maximum absolute atomic E-state index is 8.97. The summed E-state index contributed by atoms with van der Waals surface area (Å²) in [6.45, 7) is 45.2. The van der Waals surface area contributed by atoms with Crippen LogP contribution in [0.1, 0.15) is 0 Å². The van der Waals surface area contributed by atoms with Crippen molar-refractivity contribution in [2.45, 2.75) is 118 Å². The fourth-order valence-corrected chi connectivity index (χ4v) is 25.1. The topological polar surface area (TPSA) is 0 Å². The highest BCUT2D eigenvalue weighted by Gasteiger charge is 2.48. The van der Waals surface area contributed by atoms with E-state index >= 15 is 0 Å². The predicted molar refractivity (Wildman–Crippen MR) is 228 cm³/mol. The van der Waals surface area contributed by atoms with Crippen molar-refractivity contribution in [3.8, 4) is 0 Å². The molecule has 44 heavy (non-hydrogen) atoms. The second-order valence-electron chi connectivity index (χ2n) is 19.4. The molecule has 0 fully saturated rings. The highest BCUT2D eigenvalue weighted by atomic mass is 35.6. The third kappa shape index (κ3) is 7.94. The van der Waals surface area contributed by atoms with Gasteiger partial charge in [-0.15, -0.1) is 11.1 Å². The van der Waals surface area contributed by atoms with Crippen LogP contribution in [0.4, 0.5) is 0 Å². The monoisotopic (exact) mass is 726 g/mol. The largest absolute Gasteiger partial charge is 0.247 e. The molecule has 242 valence electrons. The molecule has 0 amide bonds. The van der Waals surface area contributed by atoms with E-state index in [0.29, 0.717) is 0 Å². The van der Waals surface area contributed by atoms with Crippen molar-refractivity contribution in [1.29, 1.82) is 0 Å². The first-order valence-corrected chi connectivity index (χ1v) is 40.7. The summed E-state index contributed by atoms with van der Waals surface area (Å²) in [5, 5.41) is 13.9. The molecule has 8 heteroatoms. The lowest BCUT2D eigenvalue weighted by atomic mass is 10.3. The van der Waals surface area contributed by atoms with Gasteiger partial charge in [-0.25, -0.2) is 0 Å². The second kappa shape index (κ2) is 12.2. The molecule has 0 saturated heterocycles. The molecule has 0 aliphatic rings. The van der Waals surface area contributed by atoms with Crippen LogP contribution in [0.5, 0.6) is 0 Å². The van der Waals surface area contributed by atoms with E-state index in [1.807, 2.05) is 0 Å². The number of benzene rings is 3. The first-order valence-electron chi connectivity index (χ1n) is 16.7. The summed E-state index contributed by atoms with van der Waals surface area (Å²) >= 11 is 8.97. The molecule has 0 heterocycles. The van der Waals surface area contributed by atoms with Crippen molar-refractivity contribution >= 4 is 114 Å². The molecule has 0 N–H and O–H groups in total. The van der Waals surface area contributed by atoms with E-state index in [0.717, 1.165) is 0 Å². The average Bonchev–Trinajstić information content (AvgIpc) is 2.84. The van der Waals surface area contributed by atoms with E-state index < -0.39 is 55.8 Å². The van der Waals surface area contributed by atoms with E-state index in [1.54, 1.807) is 31.1 Å². The molecule has 0 aliphatic heterocycles. The van der Waals surface area contributed by atoms with Gasteiger partial charge in [-0.3, -0.25) is 0 Å². The Kier molecular flexibility index (Phi) is 10.5. The van der Waals surface area contributed by atoms with Crippen LogP contribution in [0.15, 0.2) is 54.6 Å². The first kappa shape index (κ1) is 37.9. The van der Waals surface area contributed by atoms with Crippen LogP contribution in [-0.4, -0.2) is 55.8 Å². The van der Waals surface area contributed by atoms with Gasteiger partial charge in [0.25, 0.3) is 0 Å². The van der Waals surface area contributed by atoms with Gasteiger partial charge in [0.15, 0.2) is 0 Å². The van der Waals surface area contributed by atoms with Gasteiger partial charge in [0.1, 0.15) is 0 Å². The average molecular weight is 728 g/mol. The van der Waals surface area contributed by atoms with Gasteiger partial charge in [-0.05, 0) is 15.6 Å². The lowest BCUT2D eigenvalue weighted by Gasteiger charge is -2.40. The Morgan fingerprint density at radius 1 is 0.295 bits per heavy atom. The highest BCUT2D eigenvalue weighted by Crippen LogP contribution is 2.18. The molecular weight excluding hydrogens is 664 g/mol. The third-order valence-electron chi connectivity index (χ3n) is 9.19. The van der Waals surface area contributed by atoms with E-state index in [2.05, 4.69) is 172 Å². The van der Waals surface area contributed by atoms with Gasteiger partial charge >= 0.3 is 0 Å². The Balaban J connectivity index is 2.81. The van der Waals surface area contributed by atoms with E-state index in [4.69, 9.17) is 11.1 Å². The Hall–Kier alpha value is -0.532. The van der Waals surface area contributed by atoms with Gasteiger partial charge < -0.3 is 0 Å². The zero-order valence-electron chi connectivity index (χ0n) is 31.6. The molecule has 0 spiro atoms. The van der Waals surface area contributed by atoms with Crippen LogP contribution in [0.25, 0.3) is 0 Å². The summed E-state index contributed by atoms with van der Waals surface area (Å²) in [5.41, 5.74) is 0. The fraction of sp³-hybridized carbons (Fsp3) is 0.500. The van der Waals surface area contributed by atoms with Crippen LogP contribution in [0, 0.1) is 0 Å². The minimum Gasteiger partial charge on any atom is -0.149 e. The van der Waals surface area contributed by atoms with Gasteiger partial charge in [0.05, 0.1) is 48.4 Å². The number of rotatable bonds is 9. The summed E-state index contributed by atoms with van der Waals surface area (Å²) in [7, 11) is -13.1. The van der Waals surface area contributed by atoms with Gasteiger partial charge in [-0.2, -0.15) is 0 Å². The summed E-state index contributed by atoms with van der Waals surface area (Å²) in [5.74, 6) is 0. The normalized spacial score (nSPS) is 14.2. The molecule has 0 aliphatic carbocycles. The van der Waals surface area contributed by atoms with Crippen molar-refractivity contribution in [2.75, 3.05) is 0 Å². The number of hydrogen-bond donors (Lipinski definition) is 0. The van der Waals surface area contributed by atoms with E-state index in [9.17, 15) is 0 Å². The predicted octanol–water partition coefficient (Wildman–Crippen LogP) is 6.16. The summed E-state index contributed by atoms with van der Waals surface area (Å²) in [6, 6.07) is 23.0. The minimum absolute atomic E-state index is 1.51. The quantitative estimate of drug-likeness (QED) is 0.141. The smallest absolute Gasteiger partial charge is 0.149 e. The summed E-state index contributed by atoms with van der Waals surface area (Å²) < 4.78 is 0.